The fraction of sp³-hybridized carbons (Fsp3) is 0.200. The molecule has 0 saturated heterocycles. The van der Waals surface area contributed by atoms with Gasteiger partial charge in [-0.05, 0) is 11.6 Å². The number of non-ortho nitro benzene ring substituents is 1. The Kier molecular flexibility index (Phi) is 3.56. The molecule has 82 valence electrons. The minimum atomic E-state index is -0.611. The molecule has 0 aliphatic rings. The molecule has 0 fully saturated rings. The summed E-state index contributed by atoms with van der Waals surface area (Å²) >= 11 is 0. The van der Waals surface area contributed by atoms with E-state index in [0.29, 0.717) is 5.56 Å². The van der Waals surface area contributed by atoms with Crippen LogP contribution in [0, 0.1) is 21.4 Å². The van der Waals surface area contributed by atoms with Gasteiger partial charge in [0.1, 0.15) is 0 Å². The molecule has 16 heavy (non-hydrogen) atoms. The average Bonchev–Trinajstić information content (AvgIpc) is 2.28. The topological polar surface area (TPSA) is 93.2 Å². The lowest BCUT2D eigenvalue weighted by atomic mass is 10.0. The number of nitriles is 1. The number of ether oxygens (including phenoxy) is 1. The molecule has 0 aromatic heterocycles. The van der Waals surface area contributed by atoms with Crippen molar-refractivity contribution < 1.29 is 14.5 Å². The summed E-state index contributed by atoms with van der Waals surface area (Å²) in [6, 6.07) is 5.53. The highest BCUT2D eigenvalue weighted by Crippen LogP contribution is 2.19. The molecular weight excluding hydrogens is 212 g/mol. The van der Waals surface area contributed by atoms with Crippen molar-refractivity contribution in [2.75, 3.05) is 7.11 Å². The number of carbonyl (C=O) groups excluding carboxylic acids is 1. The average molecular weight is 220 g/mol. The highest BCUT2D eigenvalue weighted by molar-refractivity contribution is 5.91. The number of rotatable bonds is 3. The number of hydrogen-bond acceptors (Lipinski definition) is 5. The van der Waals surface area contributed by atoms with Crippen molar-refractivity contribution in [3.8, 4) is 6.07 Å². The third-order valence-corrected chi connectivity index (χ3v) is 1.97. The molecule has 0 bridgehead atoms. The van der Waals surface area contributed by atoms with E-state index in [2.05, 4.69) is 4.74 Å². The van der Waals surface area contributed by atoms with Crippen molar-refractivity contribution >= 4 is 11.7 Å². The molecule has 0 aliphatic heterocycles. The molecule has 0 N–H and O–H groups in total. The van der Waals surface area contributed by atoms with E-state index in [1.54, 1.807) is 0 Å². The van der Waals surface area contributed by atoms with Crippen LogP contribution in [0.5, 0.6) is 0 Å². The van der Waals surface area contributed by atoms with E-state index >= 15 is 0 Å². The number of esters is 1. The molecule has 0 spiro atoms. The summed E-state index contributed by atoms with van der Waals surface area (Å²) in [5, 5.41) is 19.1. The van der Waals surface area contributed by atoms with E-state index < -0.39 is 10.9 Å². The maximum atomic E-state index is 11.3. The summed E-state index contributed by atoms with van der Waals surface area (Å²) < 4.78 is 4.51. The molecule has 0 saturated carbocycles. The number of nitro groups is 1. The van der Waals surface area contributed by atoms with E-state index in [-0.39, 0.29) is 17.7 Å². The normalized spacial score (nSPS) is 9.25. The van der Waals surface area contributed by atoms with E-state index in [1.807, 2.05) is 6.07 Å². The van der Waals surface area contributed by atoms with E-state index in [1.165, 1.54) is 25.3 Å². The lowest BCUT2D eigenvalue weighted by Crippen LogP contribution is -2.06. The first-order valence-corrected chi connectivity index (χ1v) is 4.32. The number of methoxy groups -OCH3 is 1. The molecule has 0 unspecified atom stereocenters. The first-order chi connectivity index (χ1) is 7.60. The predicted molar refractivity (Wildman–Crippen MR) is 53.8 cm³/mol. The Labute approximate surface area is 91.2 Å². The van der Waals surface area contributed by atoms with Gasteiger partial charge in [0.05, 0.1) is 30.1 Å². The molecule has 1 aromatic rings. The fourth-order valence-electron chi connectivity index (χ4n) is 1.23. The van der Waals surface area contributed by atoms with Crippen molar-refractivity contribution in [3.05, 3.63) is 39.4 Å². The van der Waals surface area contributed by atoms with Gasteiger partial charge in [0, 0.05) is 12.1 Å². The van der Waals surface area contributed by atoms with Crippen LogP contribution in [0.3, 0.4) is 0 Å². The van der Waals surface area contributed by atoms with Gasteiger partial charge in [-0.15, -0.1) is 0 Å². The number of benzene rings is 1. The Morgan fingerprint density at radius 1 is 1.62 bits per heavy atom. The van der Waals surface area contributed by atoms with Crippen LogP contribution in [0.15, 0.2) is 18.2 Å². The molecule has 1 rings (SSSR count). The fourth-order valence-corrected chi connectivity index (χ4v) is 1.23. The van der Waals surface area contributed by atoms with Gasteiger partial charge < -0.3 is 4.74 Å². The summed E-state index contributed by atoms with van der Waals surface area (Å²) in [4.78, 5) is 21.2. The van der Waals surface area contributed by atoms with Gasteiger partial charge in [-0.25, -0.2) is 4.79 Å². The number of carbonyl (C=O) groups is 1. The Hall–Kier alpha value is -2.42. The molecule has 0 radical (unpaired) electrons. The van der Waals surface area contributed by atoms with Crippen LogP contribution in [0.25, 0.3) is 0 Å². The monoisotopic (exact) mass is 220 g/mol. The zero-order chi connectivity index (χ0) is 12.1. The van der Waals surface area contributed by atoms with Crippen LogP contribution in [0.2, 0.25) is 0 Å². The summed E-state index contributed by atoms with van der Waals surface area (Å²) in [5.74, 6) is -0.611. The molecule has 0 aliphatic carbocycles. The number of hydrogen-bond donors (Lipinski definition) is 0. The van der Waals surface area contributed by atoms with Gasteiger partial charge in [0.2, 0.25) is 0 Å². The van der Waals surface area contributed by atoms with E-state index in [9.17, 15) is 14.9 Å². The van der Waals surface area contributed by atoms with Gasteiger partial charge in [0.15, 0.2) is 0 Å². The Bertz CT molecular complexity index is 476. The molecule has 0 amide bonds. The third kappa shape index (κ3) is 2.33. The lowest BCUT2D eigenvalue weighted by molar-refractivity contribution is -0.384. The summed E-state index contributed by atoms with van der Waals surface area (Å²) in [7, 11) is 1.21. The first kappa shape index (κ1) is 11.7. The van der Waals surface area contributed by atoms with Gasteiger partial charge in [0.25, 0.3) is 5.69 Å². The van der Waals surface area contributed by atoms with Crippen LogP contribution in [-0.4, -0.2) is 18.0 Å². The minimum absolute atomic E-state index is 0.0773. The van der Waals surface area contributed by atoms with Crippen molar-refractivity contribution in [1.29, 1.82) is 5.26 Å². The second kappa shape index (κ2) is 4.89. The molecule has 0 heterocycles. The van der Waals surface area contributed by atoms with Crippen LogP contribution in [-0.2, 0) is 11.2 Å². The van der Waals surface area contributed by atoms with Crippen LogP contribution in [0.1, 0.15) is 15.9 Å². The van der Waals surface area contributed by atoms with Crippen LogP contribution >= 0.6 is 0 Å². The Balaban J connectivity index is 3.25. The van der Waals surface area contributed by atoms with E-state index in [0.717, 1.165) is 0 Å². The zero-order valence-electron chi connectivity index (χ0n) is 8.47. The number of nitrogens with zero attached hydrogens (tertiary/aromatic N) is 2. The lowest BCUT2D eigenvalue weighted by Gasteiger charge is -2.04. The second-order valence-electron chi connectivity index (χ2n) is 2.93. The molecule has 6 nitrogen and oxygen atoms in total. The summed E-state index contributed by atoms with van der Waals surface area (Å²) in [5.41, 5.74) is 0.316. The summed E-state index contributed by atoms with van der Waals surface area (Å²) in [6.07, 6.45) is -0.0773. The highest BCUT2D eigenvalue weighted by Gasteiger charge is 2.15. The molecule has 6 heteroatoms. The Morgan fingerprint density at radius 2 is 2.31 bits per heavy atom. The maximum absolute atomic E-state index is 11.3. The van der Waals surface area contributed by atoms with Crippen molar-refractivity contribution in [1.82, 2.24) is 0 Å². The minimum Gasteiger partial charge on any atom is -0.465 e. The SMILES string of the molecule is COC(=O)c1ccc([N+](=O)[O-])cc1CC#N. The van der Waals surface area contributed by atoms with Crippen molar-refractivity contribution in [2.45, 2.75) is 6.42 Å². The van der Waals surface area contributed by atoms with Crippen molar-refractivity contribution in [2.24, 2.45) is 0 Å². The smallest absolute Gasteiger partial charge is 0.338 e. The van der Waals surface area contributed by atoms with Gasteiger partial charge in [-0.1, -0.05) is 0 Å². The molecule has 1 aromatic carbocycles. The van der Waals surface area contributed by atoms with Crippen molar-refractivity contribution in [3.63, 3.8) is 0 Å². The quantitative estimate of drug-likeness (QED) is 0.436. The largest absolute Gasteiger partial charge is 0.465 e. The maximum Gasteiger partial charge on any atom is 0.338 e. The highest BCUT2D eigenvalue weighted by atomic mass is 16.6. The molecular formula is C10H8N2O4. The first-order valence-electron chi connectivity index (χ1n) is 4.32. The zero-order valence-corrected chi connectivity index (χ0v) is 8.47. The van der Waals surface area contributed by atoms with Crippen LogP contribution < -0.4 is 0 Å². The van der Waals surface area contributed by atoms with Gasteiger partial charge in [-0.2, -0.15) is 5.26 Å². The van der Waals surface area contributed by atoms with E-state index in [4.69, 9.17) is 5.26 Å². The predicted octanol–water partition coefficient (Wildman–Crippen LogP) is 1.45. The Morgan fingerprint density at radius 3 is 2.81 bits per heavy atom. The summed E-state index contributed by atoms with van der Waals surface area (Å²) in [6.45, 7) is 0. The number of nitro benzene ring substituents is 1. The van der Waals surface area contributed by atoms with Gasteiger partial charge in [-0.3, -0.25) is 10.1 Å². The molecule has 0 atom stereocenters. The second-order valence-corrected chi connectivity index (χ2v) is 2.93. The standard InChI is InChI=1S/C10H8N2O4/c1-16-10(13)9-3-2-8(12(14)15)6-7(9)4-5-11/h2-3,6H,4H2,1H3. The van der Waals surface area contributed by atoms with Crippen LogP contribution in [0.4, 0.5) is 5.69 Å². The van der Waals surface area contributed by atoms with Gasteiger partial charge >= 0.3 is 5.97 Å². The third-order valence-electron chi connectivity index (χ3n) is 1.97.